The van der Waals surface area contributed by atoms with Crippen molar-refractivity contribution in [3.05, 3.63) is 12.3 Å². The Bertz CT molecular complexity index is 715. The van der Waals surface area contributed by atoms with Gasteiger partial charge in [0, 0.05) is 19.7 Å². The van der Waals surface area contributed by atoms with E-state index in [1.165, 1.54) is 30.4 Å². The lowest BCUT2D eigenvalue weighted by Crippen LogP contribution is -2.53. The largest absolute Gasteiger partial charge is 0.382 e. The minimum absolute atomic E-state index is 0.126. The summed E-state index contributed by atoms with van der Waals surface area (Å²) in [5.74, 6) is 0.547. The number of urea groups is 1. The molecule has 0 radical (unpaired) electrons. The van der Waals surface area contributed by atoms with Gasteiger partial charge in [-0.1, -0.05) is 16.5 Å². The number of hydrogen-bond acceptors (Lipinski definition) is 7. The molecule has 2 aromatic heterocycles. The number of hydrogen-bond donors (Lipinski definition) is 1. The molecular formula is C15H19N5O3S. The van der Waals surface area contributed by atoms with Gasteiger partial charge in [0.2, 0.25) is 5.13 Å². The van der Waals surface area contributed by atoms with Crippen molar-refractivity contribution in [1.82, 2.24) is 20.3 Å². The molecule has 9 heteroatoms. The molecule has 1 saturated heterocycles. The number of amides is 2. The molecule has 2 fully saturated rings. The van der Waals surface area contributed by atoms with Crippen molar-refractivity contribution in [2.75, 3.05) is 25.6 Å². The summed E-state index contributed by atoms with van der Waals surface area (Å²) >= 11 is 1.28. The molecule has 2 aliphatic rings. The monoisotopic (exact) mass is 349 g/mol. The summed E-state index contributed by atoms with van der Waals surface area (Å²) in [6.07, 6.45) is 5.82. The highest BCUT2D eigenvalue weighted by Gasteiger charge is 2.53. The van der Waals surface area contributed by atoms with Gasteiger partial charge in [-0.3, -0.25) is 5.32 Å². The summed E-state index contributed by atoms with van der Waals surface area (Å²) in [5.41, 5.74) is 0.444. The fourth-order valence-corrected chi connectivity index (χ4v) is 4.32. The topological polar surface area (TPSA) is 93.4 Å². The summed E-state index contributed by atoms with van der Waals surface area (Å²) in [6, 6.07) is 1.59. The Morgan fingerprint density at radius 3 is 3.12 bits per heavy atom. The van der Waals surface area contributed by atoms with Crippen LogP contribution in [0.1, 0.15) is 25.7 Å². The molecule has 2 aromatic rings. The van der Waals surface area contributed by atoms with Crippen LogP contribution in [0.5, 0.6) is 0 Å². The Hall–Kier alpha value is -2.00. The van der Waals surface area contributed by atoms with E-state index in [1.807, 2.05) is 4.90 Å². The highest BCUT2D eigenvalue weighted by atomic mass is 32.1. The smallest absolute Gasteiger partial charge is 0.324 e. The van der Waals surface area contributed by atoms with E-state index in [1.54, 1.807) is 13.2 Å². The maximum atomic E-state index is 12.8. The molecule has 4 rings (SSSR count). The Morgan fingerprint density at radius 1 is 1.54 bits per heavy atom. The number of methoxy groups -OCH3 is 1. The predicted octanol–water partition coefficient (Wildman–Crippen LogP) is 2.62. The fraction of sp³-hybridized carbons (Fsp3) is 0.600. The average Bonchev–Trinajstić information content (AvgIpc) is 3.01. The van der Waals surface area contributed by atoms with E-state index >= 15 is 0 Å². The lowest BCUT2D eigenvalue weighted by molar-refractivity contribution is 0.0455. The SMILES string of the molecule is COCC1(C2CC2)CCCN1C(=O)Nc1nnc(-c2ccon2)s1. The first-order valence-corrected chi connectivity index (χ1v) is 8.86. The average molecular weight is 349 g/mol. The van der Waals surface area contributed by atoms with Crippen molar-refractivity contribution in [3.63, 3.8) is 0 Å². The third-order valence-electron chi connectivity index (χ3n) is 4.80. The van der Waals surface area contributed by atoms with Gasteiger partial charge in [-0.05, 0) is 31.6 Å². The van der Waals surface area contributed by atoms with Crippen LogP contribution in [0.4, 0.5) is 9.93 Å². The number of carbonyl (C=O) groups is 1. The third-order valence-corrected chi connectivity index (χ3v) is 5.66. The normalized spacial score (nSPS) is 23.6. The molecule has 8 nitrogen and oxygen atoms in total. The minimum Gasteiger partial charge on any atom is -0.382 e. The Labute approximate surface area is 143 Å². The maximum Gasteiger partial charge on any atom is 0.324 e. The van der Waals surface area contributed by atoms with Gasteiger partial charge in [-0.15, -0.1) is 10.2 Å². The van der Waals surface area contributed by atoms with E-state index in [0.29, 0.717) is 28.4 Å². The predicted molar refractivity (Wildman–Crippen MR) is 87.7 cm³/mol. The van der Waals surface area contributed by atoms with Gasteiger partial charge in [0.05, 0.1) is 12.1 Å². The van der Waals surface area contributed by atoms with Crippen LogP contribution in [0.3, 0.4) is 0 Å². The second-order valence-corrected chi connectivity index (χ2v) is 7.27. The van der Waals surface area contributed by atoms with Crippen molar-refractivity contribution in [2.24, 2.45) is 5.92 Å². The number of ether oxygens (including phenoxy) is 1. The molecule has 1 unspecified atom stereocenters. The first-order chi connectivity index (χ1) is 11.7. The lowest BCUT2D eigenvalue weighted by atomic mass is 9.91. The standard InChI is InChI=1S/C15H19N5O3S/c1-22-9-15(10-3-4-10)6-2-7-20(15)14(21)16-13-18-17-12(24-13)11-5-8-23-19-11/h5,8,10H,2-4,6-7,9H2,1H3,(H,16,18,21). The van der Waals surface area contributed by atoms with Crippen molar-refractivity contribution in [1.29, 1.82) is 0 Å². The molecule has 2 amide bonds. The number of anilines is 1. The van der Waals surface area contributed by atoms with Crippen LogP contribution in [0.2, 0.25) is 0 Å². The number of likely N-dealkylation sites (tertiary alicyclic amines) is 1. The second kappa shape index (κ2) is 6.14. The van der Waals surface area contributed by atoms with Crippen LogP contribution in [0, 0.1) is 5.92 Å². The summed E-state index contributed by atoms with van der Waals surface area (Å²) in [6.45, 7) is 1.34. The molecule has 1 aliphatic carbocycles. The van der Waals surface area contributed by atoms with Gasteiger partial charge in [-0.25, -0.2) is 4.79 Å². The third kappa shape index (κ3) is 2.67. The van der Waals surface area contributed by atoms with Crippen LogP contribution in [-0.4, -0.2) is 52.1 Å². The minimum atomic E-state index is -0.168. The fourth-order valence-electron chi connectivity index (χ4n) is 3.63. The quantitative estimate of drug-likeness (QED) is 0.892. The van der Waals surface area contributed by atoms with E-state index in [-0.39, 0.29) is 11.6 Å². The Kier molecular flexibility index (Phi) is 3.97. The van der Waals surface area contributed by atoms with Gasteiger partial charge in [0.15, 0.2) is 5.01 Å². The van der Waals surface area contributed by atoms with Gasteiger partial charge in [-0.2, -0.15) is 0 Å². The number of aromatic nitrogens is 3. The van der Waals surface area contributed by atoms with Crippen molar-refractivity contribution in [3.8, 4) is 10.7 Å². The van der Waals surface area contributed by atoms with Crippen LogP contribution in [-0.2, 0) is 4.74 Å². The lowest BCUT2D eigenvalue weighted by Gasteiger charge is -2.38. The van der Waals surface area contributed by atoms with Gasteiger partial charge in [0.1, 0.15) is 12.0 Å². The van der Waals surface area contributed by atoms with E-state index in [4.69, 9.17) is 9.26 Å². The van der Waals surface area contributed by atoms with Crippen LogP contribution >= 0.6 is 11.3 Å². The summed E-state index contributed by atoms with van der Waals surface area (Å²) in [5, 5.41) is 15.9. The van der Waals surface area contributed by atoms with Crippen LogP contribution < -0.4 is 5.32 Å². The van der Waals surface area contributed by atoms with Gasteiger partial charge in [0.25, 0.3) is 0 Å². The first-order valence-electron chi connectivity index (χ1n) is 8.05. The summed E-state index contributed by atoms with van der Waals surface area (Å²) in [7, 11) is 1.70. The summed E-state index contributed by atoms with van der Waals surface area (Å²) < 4.78 is 10.3. The molecule has 128 valence electrons. The van der Waals surface area contributed by atoms with E-state index in [0.717, 1.165) is 19.4 Å². The highest BCUT2D eigenvalue weighted by Crippen LogP contribution is 2.49. The Morgan fingerprint density at radius 2 is 2.42 bits per heavy atom. The molecule has 0 aromatic carbocycles. The van der Waals surface area contributed by atoms with E-state index in [2.05, 4.69) is 20.7 Å². The molecule has 3 heterocycles. The molecule has 0 bridgehead atoms. The number of carbonyl (C=O) groups excluding carboxylic acids is 1. The number of nitrogens with one attached hydrogen (secondary N) is 1. The second-order valence-electron chi connectivity index (χ2n) is 6.29. The van der Waals surface area contributed by atoms with E-state index < -0.39 is 0 Å². The van der Waals surface area contributed by atoms with Crippen molar-refractivity contribution in [2.45, 2.75) is 31.2 Å². The van der Waals surface area contributed by atoms with Gasteiger partial charge >= 0.3 is 6.03 Å². The van der Waals surface area contributed by atoms with Crippen LogP contribution in [0.25, 0.3) is 10.7 Å². The first kappa shape index (κ1) is 15.5. The van der Waals surface area contributed by atoms with Crippen molar-refractivity contribution >= 4 is 22.5 Å². The molecule has 24 heavy (non-hydrogen) atoms. The zero-order chi connectivity index (χ0) is 16.6. The molecule has 1 aliphatic heterocycles. The van der Waals surface area contributed by atoms with Gasteiger partial charge < -0.3 is 14.2 Å². The number of rotatable bonds is 5. The molecule has 1 N–H and O–H groups in total. The molecule has 1 saturated carbocycles. The maximum absolute atomic E-state index is 12.8. The highest BCUT2D eigenvalue weighted by molar-refractivity contribution is 7.18. The molecule has 1 atom stereocenters. The summed E-state index contributed by atoms with van der Waals surface area (Å²) in [4.78, 5) is 14.7. The van der Waals surface area contributed by atoms with Crippen molar-refractivity contribution < 1.29 is 14.1 Å². The molecule has 0 spiro atoms. The zero-order valence-electron chi connectivity index (χ0n) is 13.4. The molecular weight excluding hydrogens is 330 g/mol. The van der Waals surface area contributed by atoms with Crippen LogP contribution in [0.15, 0.2) is 16.9 Å². The number of nitrogens with zero attached hydrogens (tertiary/aromatic N) is 4. The Balaban J connectivity index is 1.49. The van der Waals surface area contributed by atoms with E-state index in [9.17, 15) is 4.79 Å². The zero-order valence-corrected chi connectivity index (χ0v) is 14.2.